The number of aromatic nitrogens is 1. The quantitative estimate of drug-likeness (QED) is 0.468. The zero-order valence-corrected chi connectivity index (χ0v) is 21.4. The Kier molecular flexibility index (Phi) is 7.51. The minimum atomic E-state index is -0.266. The molecule has 0 aromatic carbocycles. The van der Waals surface area contributed by atoms with Crippen LogP contribution in [0.5, 0.6) is 0 Å². The van der Waals surface area contributed by atoms with Crippen molar-refractivity contribution < 1.29 is 4.79 Å². The highest BCUT2D eigenvalue weighted by atomic mass is 32.2. The Morgan fingerprint density at radius 1 is 1.25 bits per heavy atom. The van der Waals surface area contributed by atoms with E-state index in [1.165, 1.54) is 11.8 Å². The zero-order chi connectivity index (χ0) is 23.7. The summed E-state index contributed by atoms with van der Waals surface area (Å²) in [6, 6.07) is 2.10. The highest BCUT2D eigenvalue weighted by Crippen LogP contribution is 2.37. The molecule has 1 aromatic rings. The van der Waals surface area contributed by atoms with E-state index in [1.807, 2.05) is 13.0 Å². The Hall–Kier alpha value is -2.11. The molecule has 6 nitrogen and oxygen atoms in total. The third-order valence-corrected chi connectivity index (χ3v) is 7.41. The molecule has 0 radical (unpaired) electrons. The smallest absolute Gasteiger partial charge is 0.270 e. The normalized spacial score (nSPS) is 22.9. The fraction of sp³-hybridized carbons (Fsp3) is 0.583. The van der Waals surface area contributed by atoms with E-state index < -0.39 is 0 Å². The van der Waals surface area contributed by atoms with Crippen LogP contribution in [0.1, 0.15) is 57.7 Å². The Labute approximate surface area is 200 Å². The summed E-state index contributed by atoms with van der Waals surface area (Å²) in [6.45, 7) is 15.0. The average Bonchev–Trinajstić information content (AvgIpc) is 2.96. The molecule has 0 saturated carbocycles. The predicted octanol–water partition coefficient (Wildman–Crippen LogP) is 4.39. The monoisotopic (exact) mass is 472 g/mol. The Balaban J connectivity index is 2.22. The number of nitriles is 1. The van der Waals surface area contributed by atoms with Crippen LogP contribution in [0.3, 0.4) is 0 Å². The second-order valence-electron chi connectivity index (χ2n) is 9.44. The zero-order valence-electron chi connectivity index (χ0n) is 19.8. The van der Waals surface area contributed by atoms with E-state index in [9.17, 15) is 14.9 Å². The summed E-state index contributed by atoms with van der Waals surface area (Å²) in [5, 5.41) is 9.73. The summed E-state index contributed by atoms with van der Waals surface area (Å²) >= 11 is 6.77. The minimum Gasteiger partial charge on any atom is -0.357 e. The van der Waals surface area contributed by atoms with Crippen LogP contribution in [0.25, 0.3) is 6.08 Å². The van der Waals surface area contributed by atoms with Gasteiger partial charge in [-0.15, -0.1) is 0 Å². The lowest BCUT2D eigenvalue weighted by atomic mass is 9.91. The van der Waals surface area contributed by atoms with Crippen molar-refractivity contribution in [1.29, 1.82) is 5.26 Å². The Morgan fingerprint density at radius 2 is 1.88 bits per heavy atom. The first-order chi connectivity index (χ1) is 15.1. The van der Waals surface area contributed by atoms with E-state index in [0.29, 0.717) is 45.6 Å². The summed E-state index contributed by atoms with van der Waals surface area (Å²) in [6.07, 6.45) is 2.99. The molecule has 1 aromatic heterocycles. The number of thioether (sulfide) groups is 1. The van der Waals surface area contributed by atoms with Crippen LogP contribution < -0.4 is 10.5 Å². The maximum atomic E-state index is 13.1. The number of rotatable bonds is 5. The lowest BCUT2D eigenvalue weighted by Gasteiger charge is -2.38. The number of carbonyl (C=O) groups excluding carboxylic acids is 1. The van der Waals surface area contributed by atoms with E-state index in [2.05, 4.69) is 38.7 Å². The van der Waals surface area contributed by atoms with E-state index in [-0.39, 0.29) is 17.0 Å². The van der Waals surface area contributed by atoms with Gasteiger partial charge in [0.05, 0.1) is 4.91 Å². The molecule has 0 bridgehead atoms. The van der Waals surface area contributed by atoms with Crippen molar-refractivity contribution in [3.05, 3.63) is 31.9 Å². The van der Waals surface area contributed by atoms with Crippen molar-refractivity contribution >= 4 is 46.1 Å². The summed E-state index contributed by atoms with van der Waals surface area (Å²) < 4.78 is 2.25. The maximum absolute atomic E-state index is 13.1. The van der Waals surface area contributed by atoms with Gasteiger partial charge in [-0.1, -0.05) is 51.7 Å². The van der Waals surface area contributed by atoms with Gasteiger partial charge in [-0.2, -0.15) is 5.26 Å². The van der Waals surface area contributed by atoms with Crippen molar-refractivity contribution in [3.8, 4) is 6.07 Å². The van der Waals surface area contributed by atoms with Crippen LogP contribution in [0.4, 0.5) is 5.82 Å². The predicted molar refractivity (Wildman–Crippen MR) is 136 cm³/mol. The molecule has 2 fully saturated rings. The molecule has 172 valence electrons. The highest BCUT2D eigenvalue weighted by molar-refractivity contribution is 8.26. The van der Waals surface area contributed by atoms with E-state index in [4.69, 9.17) is 12.2 Å². The molecule has 2 atom stereocenters. The summed E-state index contributed by atoms with van der Waals surface area (Å²) in [4.78, 5) is 30.7. The molecule has 3 heterocycles. The number of thiocarbonyl (C=S) groups is 1. The van der Waals surface area contributed by atoms with Crippen LogP contribution in [0.15, 0.2) is 9.70 Å². The van der Waals surface area contributed by atoms with Gasteiger partial charge in [0.25, 0.3) is 11.5 Å². The third-order valence-electron chi connectivity index (χ3n) is 6.03. The Bertz CT molecular complexity index is 1060. The fourth-order valence-corrected chi connectivity index (χ4v) is 6.02. The molecule has 3 rings (SSSR count). The molecular weight excluding hydrogens is 440 g/mol. The molecule has 2 saturated heterocycles. The van der Waals surface area contributed by atoms with Crippen molar-refractivity contribution in [2.24, 2.45) is 17.8 Å². The van der Waals surface area contributed by atoms with E-state index >= 15 is 0 Å². The van der Waals surface area contributed by atoms with Gasteiger partial charge in [0.1, 0.15) is 21.8 Å². The SMILES string of the molecule is CCn1c(N2CC(C)CC(C)C2)c(C=C2SC(=S)N(CC(C)C)C2=O)c(C)c(C#N)c1=O. The molecule has 0 N–H and O–H groups in total. The van der Waals surface area contributed by atoms with Gasteiger partial charge in [-0.3, -0.25) is 19.1 Å². The number of amides is 1. The van der Waals surface area contributed by atoms with Crippen LogP contribution in [-0.4, -0.2) is 39.3 Å². The fourth-order valence-electron chi connectivity index (χ4n) is 4.77. The molecule has 2 aliphatic heterocycles. The van der Waals surface area contributed by atoms with Gasteiger partial charge in [0, 0.05) is 31.7 Å². The second-order valence-corrected chi connectivity index (χ2v) is 11.1. The molecule has 8 heteroatoms. The number of anilines is 1. The van der Waals surface area contributed by atoms with Crippen molar-refractivity contribution in [1.82, 2.24) is 9.47 Å². The number of carbonyl (C=O) groups is 1. The summed E-state index contributed by atoms with van der Waals surface area (Å²) in [5.74, 6) is 1.99. The number of hydrogen-bond acceptors (Lipinski definition) is 6. The largest absolute Gasteiger partial charge is 0.357 e. The number of piperidine rings is 1. The van der Waals surface area contributed by atoms with Crippen LogP contribution in [0, 0.1) is 36.0 Å². The van der Waals surface area contributed by atoms with Crippen molar-refractivity contribution in [2.75, 3.05) is 24.5 Å². The molecule has 0 aliphatic carbocycles. The van der Waals surface area contributed by atoms with Crippen molar-refractivity contribution in [2.45, 2.75) is 54.5 Å². The standard InChI is InChI=1S/C24H32N4O2S2/c1-7-27-21(26-12-15(4)8-16(5)13-26)18(17(6)19(10-25)22(27)29)9-20-23(30)28(11-14(2)3)24(31)32-20/h9,14-16H,7-8,11-13H2,1-6H3. The number of pyridine rings is 1. The summed E-state index contributed by atoms with van der Waals surface area (Å²) in [5.41, 5.74) is 1.27. The first-order valence-corrected chi connectivity index (χ1v) is 12.5. The minimum absolute atomic E-state index is 0.104. The number of nitrogens with zero attached hydrogens (tertiary/aromatic N) is 4. The molecule has 2 aliphatic rings. The van der Waals surface area contributed by atoms with Gasteiger partial charge in [-0.05, 0) is 49.7 Å². The third kappa shape index (κ3) is 4.65. The number of hydrogen-bond donors (Lipinski definition) is 0. The topological polar surface area (TPSA) is 69.3 Å². The average molecular weight is 473 g/mol. The molecule has 1 amide bonds. The molecule has 32 heavy (non-hydrogen) atoms. The van der Waals surface area contributed by atoms with Gasteiger partial charge in [-0.25, -0.2) is 0 Å². The van der Waals surface area contributed by atoms with Crippen LogP contribution in [-0.2, 0) is 11.3 Å². The Morgan fingerprint density at radius 3 is 2.41 bits per heavy atom. The van der Waals surface area contributed by atoms with Crippen molar-refractivity contribution in [3.63, 3.8) is 0 Å². The molecule has 0 spiro atoms. The first-order valence-electron chi connectivity index (χ1n) is 11.3. The lowest BCUT2D eigenvalue weighted by Crippen LogP contribution is -2.42. The van der Waals surface area contributed by atoms with Gasteiger partial charge < -0.3 is 4.90 Å². The van der Waals surface area contributed by atoms with Gasteiger partial charge in [0.15, 0.2) is 0 Å². The lowest BCUT2D eigenvalue weighted by molar-refractivity contribution is -0.122. The van der Waals surface area contributed by atoms with E-state index in [1.54, 1.807) is 16.4 Å². The van der Waals surface area contributed by atoms with Crippen LogP contribution >= 0.6 is 24.0 Å². The molecular formula is C24H32N4O2S2. The first kappa shape index (κ1) is 24.5. The van der Waals surface area contributed by atoms with Crippen LogP contribution in [0.2, 0.25) is 0 Å². The summed E-state index contributed by atoms with van der Waals surface area (Å²) in [7, 11) is 0. The highest BCUT2D eigenvalue weighted by Gasteiger charge is 2.34. The van der Waals surface area contributed by atoms with Gasteiger partial charge >= 0.3 is 0 Å². The van der Waals surface area contributed by atoms with E-state index in [0.717, 1.165) is 30.9 Å². The second kappa shape index (κ2) is 9.80. The maximum Gasteiger partial charge on any atom is 0.270 e. The molecule has 2 unspecified atom stereocenters. The van der Waals surface area contributed by atoms with Gasteiger partial charge in [0.2, 0.25) is 0 Å².